The van der Waals surface area contributed by atoms with Gasteiger partial charge in [-0.15, -0.1) is 0 Å². The van der Waals surface area contributed by atoms with E-state index in [1.807, 2.05) is 0 Å². The highest BCUT2D eigenvalue weighted by atomic mass is 14.4. The molecule has 0 saturated heterocycles. The van der Waals surface area contributed by atoms with Crippen molar-refractivity contribution in [1.29, 1.82) is 0 Å². The van der Waals surface area contributed by atoms with Crippen LogP contribution in [-0.4, -0.2) is 0 Å². The standard InChI is InChI=1S/C38H40/c1-8-10-26(5)36-27(6)19-35-23-34(28(7)37(35)38(36)30-16-13-25(4)14-17-30)21-29-15-18-33(20-29)32-12-9-11-31(22-32)24(2)3/h9,11-19,21-22,37-38H,2,5,7-8,10,20,23H2,1,3-4,6H3. The number of benzene rings is 2. The molecule has 0 heteroatoms. The van der Waals surface area contributed by atoms with E-state index in [1.165, 1.54) is 66.8 Å². The Balaban J connectivity index is 1.43. The molecule has 0 nitrogen and oxygen atoms in total. The Morgan fingerprint density at radius 1 is 0.974 bits per heavy atom. The van der Waals surface area contributed by atoms with E-state index in [0.29, 0.717) is 5.92 Å². The predicted octanol–water partition coefficient (Wildman–Crippen LogP) is 10.6. The average Bonchev–Trinajstić information content (AvgIpc) is 3.48. The van der Waals surface area contributed by atoms with Gasteiger partial charge in [-0.25, -0.2) is 0 Å². The van der Waals surface area contributed by atoms with Crippen molar-refractivity contribution in [3.63, 3.8) is 0 Å². The van der Waals surface area contributed by atoms with Gasteiger partial charge in [-0.2, -0.15) is 0 Å². The molecule has 0 N–H and O–H groups in total. The third kappa shape index (κ3) is 4.93. The van der Waals surface area contributed by atoms with Crippen LogP contribution < -0.4 is 0 Å². The first-order valence-corrected chi connectivity index (χ1v) is 14.0. The molecule has 2 aromatic rings. The Morgan fingerprint density at radius 2 is 1.74 bits per heavy atom. The third-order valence-electron chi connectivity index (χ3n) is 8.40. The van der Waals surface area contributed by atoms with Crippen LogP contribution in [0, 0.1) is 12.8 Å². The van der Waals surface area contributed by atoms with E-state index in [4.69, 9.17) is 6.58 Å². The zero-order valence-electron chi connectivity index (χ0n) is 23.5. The zero-order valence-corrected chi connectivity index (χ0v) is 23.5. The van der Waals surface area contributed by atoms with Crippen LogP contribution in [-0.2, 0) is 0 Å². The van der Waals surface area contributed by atoms with Crippen LogP contribution in [0.3, 0.4) is 0 Å². The van der Waals surface area contributed by atoms with E-state index in [9.17, 15) is 0 Å². The average molecular weight is 497 g/mol. The Kier molecular flexibility index (Phi) is 7.26. The summed E-state index contributed by atoms with van der Waals surface area (Å²) < 4.78 is 0. The van der Waals surface area contributed by atoms with Crippen molar-refractivity contribution < 1.29 is 0 Å². The number of hydrogen-bond acceptors (Lipinski definition) is 0. The first-order chi connectivity index (χ1) is 18.3. The van der Waals surface area contributed by atoms with Gasteiger partial charge < -0.3 is 0 Å². The van der Waals surface area contributed by atoms with Gasteiger partial charge in [-0.1, -0.05) is 122 Å². The van der Waals surface area contributed by atoms with E-state index in [-0.39, 0.29) is 5.92 Å². The minimum absolute atomic E-state index is 0.282. The molecule has 1 fully saturated rings. The second-order valence-electron chi connectivity index (χ2n) is 11.4. The minimum Gasteiger partial charge on any atom is -0.0955 e. The summed E-state index contributed by atoms with van der Waals surface area (Å²) in [7, 11) is 0. The van der Waals surface area contributed by atoms with Crippen LogP contribution in [0.4, 0.5) is 0 Å². The van der Waals surface area contributed by atoms with Crippen LogP contribution in [0.1, 0.15) is 74.6 Å². The van der Waals surface area contributed by atoms with Gasteiger partial charge in [0, 0.05) is 11.8 Å². The van der Waals surface area contributed by atoms with Crippen molar-refractivity contribution in [2.45, 2.75) is 59.3 Å². The highest BCUT2D eigenvalue weighted by Gasteiger charge is 2.40. The van der Waals surface area contributed by atoms with Gasteiger partial charge in [0.05, 0.1) is 0 Å². The lowest BCUT2D eigenvalue weighted by molar-refractivity contribution is 0.619. The van der Waals surface area contributed by atoms with Crippen molar-refractivity contribution in [2.24, 2.45) is 5.92 Å². The van der Waals surface area contributed by atoms with E-state index in [1.54, 1.807) is 0 Å². The van der Waals surface area contributed by atoms with Crippen molar-refractivity contribution in [1.82, 2.24) is 0 Å². The van der Waals surface area contributed by atoms with Crippen LogP contribution in [0.25, 0.3) is 11.1 Å². The third-order valence-corrected chi connectivity index (χ3v) is 8.40. The molecule has 2 aromatic carbocycles. The van der Waals surface area contributed by atoms with Crippen molar-refractivity contribution in [2.75, 3.05) is 0 Å². The molecular weight excluding hydrogens is 456 g/mol. The molecule has 0 radical (unpaired) electrons. The van der Waals surface area contributed by atoms with Gasteiger partial charge in [0.15, 0.2) is 0 Å². The van der Waals surface area contributed by atoms with Gasteiger partial charge in [0.25, 0.3) is 0 Å². The molecule has 0 aliphatic heterocycles. The van der Waals surface area contributed by atoms with Crippen molar-refractivity contribution >= 4 is 11.1 Å². The Morgan fingerprint density at radius 3 is 2.45 bits per heavy atom. The fourth-order valence-corrected chi connectivity index (χ4v) is 6.45. The number of hydrogen-bond donors (Lipinski definition) is 0. The molecule has 3 aliphatic rings. The number of allylic oxidation sites excluding steroid dienone is 13. The lowest BCUT2D eigenvalue weighted by Gasteiger charge is -2.34. The second-order valence-corrected chi connectivity index (χ2v) is 11.4. The highest BCUT2D eigenvalue weighted by molar-refractivity contribution is 5.76. The molecule has 2 unspecified atom stereocenters. The number of fused-ring (bicyclic) bond motifs is 1. The summed E-state index contributed by atoms with van der Waals surface area (Å²) in [5.41, 5.74) is 17.2. The summed E-state index contributed by atoms with van der Waals surface area (Å²) in [6.07, 6.45) is 13.5. The molecule has 2 atom stereocenters. The topological polar surface area (TPSA) is 0 Å². The highest BCUT2D eigenvalue weighted by Crippen LogP contribution is 2.55. The normalized spacial score (nSPS) is 21.8. The monoisotopic (exact) mass is 496 g/mol. The molecule has 0 bridgehead atoms. The van der Waals surface area contributed by atoms with Crippen LogP contribution in [0.2, 0.25) is 0 Å². The van der Waals surface area contributed by atoms with Crippen LogP contribution >= 0.6 is 0 Å². The maximum atomic E-state index is 4.71. The molecule has 192 valence electrons. The lowest BCUT2D eigenvalue weighted by atomic mass is 9.69. The van der Waals surface area contributed by atoms with Gasteiger partial charge in [0.1, 0.15) is 0 Å². The maximum Gasteiger partial charge on any atom is 0.0201 e. The number of aryl methyl sites for hydroxylation is 1. The minimum atomic E-state index is 0.282. The summed E-state index contributed by atoms with van der Waals surface area (Å²) in [6, 6.07) is 17.9. The quantitative estimate of drug-likeness (QED) is 0.357. The molecule has 0 spiro atoms. The SMILES string of the molecule is C=C(CCC)C1=C(C)C=C2CC(=CC3=CC=C(c4cccc(C(=C)C)c4)C3)C(=C)C2C1c1ccc(C)cc1. The van der Waals surface area contributed by atoms with E-state index < -0.39 is 0 Å². The maximum absolute atomic E-state index is 4.71. The summed E-state index contributed by atoms with van der Waals surface area (Å²) in [4.78, 5) is 0. The predicted molar refractivity (Wildman–Crippen MR) is 166 cm³/mol. The lowest BCUT2D eigenvalue weighted by Crippen LogP contribution is -2.21. The molecule has 38 heavy (non-hydrogen) atoms. The Hall–Kier alpha value is -3.64. The fraction of sp³-hybridized carbons (Fsp3) is 0.263. The zero-order chi connectivity index (χ0) is 27.0. The Labute approximate surface area is 229 Å². The molecule has 3 aliphatic carbocycles. The Bertz CT molecular complexity index is 1470. The fourth-order valence-electron chi connectivity index (χ4n) is 6.45. The number of rotatable bonds is 7. The smallest absolute Gasteiger partial charge is 0.0201 e. The van der Waals surface area contributed by atoms with Crippen molar-refractivity contribution in [3.05, 3.63) is 154 Å². The molecule has 1 saturated carbocycles. The van der Waals surface area contributed by atoms with E-state index in [2.05, 4.69) is 114 Å². The van der Waals surface area contributed by atoms with Gasteiger partial charge >= 0.3 is 0 Å². The summed E-state index contributed by atoms with van der Waals surface area (Å²) in [5, 5.41) is 0. The summed E-state index contributed by atoms with van der Waals surface area (Å²) in [5.74, 6) is 0.585. The molecule has 0 amide bonds. The van der Waals surface area contributed by atoms with Crippen molar-refractivity contribution in [3.8, 4) is 0 Å². The first kappa shape index (κ1) is 26.0. The molecule has 5 rings (SSSR count). The van der Waals surface area contributed by atoms with E-state index in [0.717, 1.165) is 31.3 Å². The largest absolute Gasteiger partial charge is 0.0955 e. The summed E-state index contributed by atoms with van der Waals surface area (Å²) >= 11 is 0. The van der Waals surface area contributed by atoms with Gasteiger partial charge in [0.2, 0.25) is 0 Å². The molecule has 0 heterocycles. The van der Waals surface area contributed by atoms with Crippen LogP contribution in [0.15, 0.2) is 132 Å². The van der Waals surface area contributed by atoms with E-state index >= 15 is 0 Å². The second kappa shape index (κ2) is 10.6. The molecular formula is C38H40. The molecule has 0 aromatic heterocycles. The van der Waals surface area contributed by atoms with Crippen LogP contribution in [0.5, 0.6) is 0 Å². The summed E-state index contributed by atoms with van der Waals surface area (Å²) in [6.45, 7) is 22.1. The van der Waals surface area contributed by atoms with Gasteiger partial charge in [-0.3, -0.25) is 0 Å². The first-order valence-electron chi connectivity index (χ1n) is 14.0. The van der Waals surface area contributed by atoms with Gasteiger partial charge in [-0.05, 0) is 96.2 Å².